The van der Waals surface area contributed by atoms with Gasteiger partial charge in [0.05, 0.1) is 50.1 Å². The first-order chi connectivity index (χ1) is 28.9. The molecule has 1 amide bonds. The van der Waals surface area contributed by atoms with Gasteiger partial charge in [-0.1, -0.05) is 12.1 Å². The Hall–Kier alpha value is -7.09. The number of anilines is 1. The van der Waals surface area contributed by atoms with Crippen molar-refractivity contribution in [2.45, 2.75) is 63.8 Å². The lowest BCUT2D eigenvalue weighted by atomic mass is 9.90. The second-order valence-electron chi connectivity index (χ2n) is 15.5. The van der Waals surface area contributed by atoms with Gasteiger partial charge in [0.25, 0.3) is 5.69 Å². The standard InChI is InChI=1S/C41H35N11O8/c1-18-23-14-21-4-2-19-6-8-28(40(55)56)43-32(19)35(21)49-38(23)42-17-25(18)26-10-12-50-13-11-27(45-41(50)44-26)39(54)47-31-9-7-20-3-5-22-15-24-29(51(57)58)16-30(52(59)60)37(53)36(24)48-34(22)33(20)46-31/h6-9,14-17,26-27,41,44-45,53H,2-5,10-13H2,1H3,(H,55,56)(H,46,47,54). The van der Waals surface area contributed by atoms with Crippen LogP contribution < -0.4 is 16.0 Å². The number of aromatic hydroxyl groups is 1. The number of non-ortho nitro benzene ring substituents is 1. The second kappa shape index (κ2) is 14.0. The molecule has 2 aliphatic heterocycles. The van der Waals surface area contributed by atoms with Crippen LogP contribution in [0.5, 0.6) is 5.75 Å². The zero-order valence-corrected chi connectivity index (χ0v) is 31.9. The maximum Gasteiger partial charge on any atom is 0.354 e. The number of phenolic OH excluding ortho intramolecular Hbond substituents is 1. The van der Waals surface area contributed by atoms with E-state index in [2.05, 4.69) is 43.8 Å². The van der Waals surface area contributed by atoms with Gasteiger partial charge in [0, 0.05) is 30.7 Å². The van der Waals surface area contributed by atoms with Crippen LogP contribution in [-0.2, 0) is 30.5 Å². The lowest BCUT2D eigenvalue weighted by Gasteiger charge is -2.46. The van der Waals surface area contributed by atoms with Gasteiger partial charge in [-0.15, -0.1) is 0 Å². The first-order valence-corrected chi connectivity index (χ1v) is 19.5. The molecule has 0 saturated carbocycles. The predicted molar refractivity (Wildman–Crippen MR) is 215 cm³/mol. The van der Waals surface area contributed by atoms with E-state index in [9.17, 15) is 40.0 Å². The number of fused-ring (bicyclic) bond motifs is 9. The van der Waals surface area contributed by atoms with Crippen molar-refractivity contribution in [1.29, 1.82) is 0 Å². The molecule has 6 aromatic rings. The van der Waals surface area contributed by atoms with Crippen molar-refractivity contribution in [1.82, 2.24) is 40.5 Å². The summed E-state index contributed by atoms with van der Waals surface area (Å²) in [6.07, 6.45) is 5.40. The van der Waals surface area contributed by atoms with Crippen LogP contribution in [0.15, 0.2) is 48.7 Å². The number of aryl methyl sites for hydroxylation is 5. The minimum Gasteiger partial charge on any atom is -0.501 e. The van der Waals surface area contributed by atoms with Crippen LogP contribution in [0, 0.1) is 27.2 Å². The number of carbonyl (C=O) groups is 2. The summed E-state index contributed by atoms with van der Waals surface area (Å²) in [5.41, 5.74) is 6.33. The average Bonchev–Trinajstić information content (AvgIpc) is 3.24. The number of aromatic carboxylic acids is 1. The highest BCUT2D eigenvalue weighted by molar-refractivity contribution is 5.98. The molecular formula is C41H35N11O8. The largest absolute Gasteiger partial charge is 0.501 e. The summed E-state index contributed by atoms with van der Waals surface area (Å²) in [4.78, 5) is 72.8. The van der Waals surface area contributed by atoms with E-state index in [4.69, 9.17) is 15.0 Å². The number of pyridine rings is 5. The summed E-state index contributed by atoms with van der Waals surface area (Å²) >= 11 is 0. The van der Waals surface area contributed by atoms with Gasteiger partial charge in [-0.25, -0.2) is 29.7 Å². The lowest BCUT2D eigenvalue weighted by Crippen LogP contribution is -2.67. The number of carboxylic acid groups (broad SMARTS) is 1. The third-order valence-electron chi connectivity index (χ3n) is 12.1. The summed E-state index contributed by atoms with van der Waals surface area (Å²) in [6.45, 7) is 3.51. The van der Waals surface area contributed by atoms with Crippen molar-refractivity contribution < 1.29 is 29.6 Å². The zero-order valence-electron chi connectivity index (χ0n) is 31.9. The highest BCUT2D eigenvalue weighted by Crippen LogP contribution is 2.43. The number of nitro benzene ring substituents is 2. The van der Waals surface area contributed by atoms with Crippen LogP contribution in [0.1, 0.15) is 62.8 Å². The molecule has 3 atom stereocenters. The van der Waals surface area contributed by atoms with E-state index in [-0.39, 0.29) is 40.7 Å². The molecule has 5 aromatic heterocycles. The van der Waals surface area contributed by atoms with E-state index in [0.29, 0.717) is 59.8 Å². The monoisotopic (exact) mass is 809 g/mol. The number of rotatable bonds is 6. The van der Waals surface area contributed by atoms with E-state index >= 15 is 0 Å². The Morgan fingerprint density at radius 1 is 0.800 bits per heavy atom. The van der Waals surface area contributed by atoms with Gasteiger partial charge in [-0.2, -0.15) is 0 Å². The van der Waals surface area contributed by atoms with Gasteiger partial charge in [-0.3, -0.25) is 40.6 Å². The van der Waals surface area contributed by atoms with Crippen LogP contribution in [0.4, 0.5) is 17.2 Å². The number of aromatic nitrogens is 5. The Morgan fingerprint density at radius 3 is 2.18 bits per heavy atom. The van der Waals surface area contributed by atoms with Crippen LogP contribution in [0.25, 0.3) is 44.7 Å². The maximum atomic E-state index is 13.8. The number of nitrogens with one attached hydrogen (secondary N) is 3. The molecule has 2 saturated heterocycles. The molecule has 1 aromatic carbocycles. The Bertz CT molecular complexity index is 2910. The lowest BCUT2D eigenvalue weighted by molar-refractivity contribution is -0.393. The summed E-state index contributed by atoms with van der Waals surface area (Å²) in [5, 5.41) is 54.8. The molecule has 0 spiro atoms. The van der Waals surface area contributed by atoms with Crippen LogP contribution in [-0.4, -0.2) is 87.2 Å². The van der Waals surface area contributed by atoms with Crippen LogP contribution in [0.2, 0.25) is 0 Å². The molecule has 60 heavy (non-hydrogen) atoms. The maximum absolute atomic E-state index is 13.8. The highest BCUT2D eigenvalue weighted by atomic mass is 16.6. The van der Waals surface area contributed by atoms with E-state index in [1.807, 2.05) is 18.3 Å². The van der Waals surface area contributed by atoms with Crippen molar-refractivity contribution in [3.05, 3.63) is 108 Å². The van der Waals surface area contributed by atoms with E-state index < -0.39 is 39.0 Å². The molecule has 3 unspecified atom stereocenters. The Balaban J connectivity index is 0.873. The minimum absolute atomic E-state index is 0.0171. The molecule has 2 aliphatic carbocycles. The molecule has 302 valence electrons. The van der Waals surface area contributed by atoms with Crippen molar-refractivity contribution in [3.8, 4) is 28.5 Å². The number of carbonyl (C=O) groups excluding carboxylic acids is 1. The fourth-order valence-corrected chi connectivity index (χ4v) is 9.01. The third kappa shape index (κ3) is 6.12. The topological polar surface area (TPSA) is 265 Å². The van der Waals surface area contributed by atoms with Crippen molar-refractivity contribution in [2.75, 3.05) is 18.4 Å². The van der Waals surface area contributed by atoms with Crippen LogP contribution >= 0.6 is 0 Å². The van der Waals surface area contributed by atoms with Gasteiger partial charge in [-0.05, 0) is 103 Å². The molecule has 4 aliphatic rings. The van der Waals surface area contributed by atoms with Crippen molar-refractivity contribution in [3.63, 3.8) is 0 Å². The summed E-state index contributed by atoms with van der Waals surface area (Å²) in [7, 11) is 0. The van der Waals surface area contributed by atoms with Crippen molar-refractivity contribution >= 4 is 51.0 Å². The quantitative estimate of drug-likeness (QED) is 0.113. The number of nitrogens with zero attached hydrogens (tertiary/aromatic N) is 8. The minimum atomic E-state index is -1.09. The number of hydrogen-bond donors (Lipinski definition) is 5. The Kier molecular flexibility index (Phi) is 8.70. The molecule has 0 radical (unpaired) electrons. The third-order valence-corrected chi connectivity index (χ3v) is 12.1. The molecule has 10 rings (SSSR count). The highest BCUT2D eigenvalue weighted by Gasteiger charge is 2.37. The molecule has 5 N–H and O–H groups in total. The number of carboxylic acids is 1. The van der Waals surface area contributed by atoms with E-state index in [1.165, 1.54) is 12.1 Å². The van der Waals surface area contributed by atoms with Gasteiger partial charge >= 0.3 is 11.7 Å². The Morgan fingerprint density at radius 2 is 1.45 bits per heavy atom. The van der Waals surface area contributed by atoms with Gasteiger partial charge in [0.2, 0.25) is 11.7 Å². The first-order valence-electron chi connectivity index (χ1n) is 19.5. The van der Waals surface area contributed by atoms with E-state index in [1.54, 1.807) is 6.07 Å². The molecule has 0 bridgehead atoms. The average molecular weight is 810 g/mol. The molecular weight excluding hydrogens is 775 g/mol. The number of benzene rings is 1. The second-order valence-corrected chi connectivity index (χ2v) is 15.5. The van der Waals surface area contributed by atoms with Crippen LogP contribution in [0.3, 0.4) is 0 Å². The molecule has 19 heteroatoms. The fraction of sp³-hybridized carbons (Fsp3) is 0.293. The summed E-state index contributed by atoms with van der Waals surface area (Å²) < 4.78 is 0. The molecule has 7 heterocycles. The normalized spacial score (nSPS) is 19.4. The van der Waals surface area contributed by atoms with Crippen molar-refractivity contribution in [2.24, 2.45) is 0 Å². The van der Waals surface area contributed by atoms with Gasteiger partial charge in [0.15, 0.2) is 5.65 Å². The first kappa shape index (κ1) is 37.2. The summed E-state index contributed by atoms with van der Waals surface area (Å²) in [5.74, 6) is -1.89. The zero-order chi connectivity index (χ0) is 41.6. The number of hydrogen-bond acceptors (Lipinski definition) is 15. The Labute approximate surface area is 339 Å². The number of nitro groups is 2. The summed E-state index contributed by atoms with van der Waals surface area (Å²) in [6, 6.07) is 10.6. The van der Waals surface area contributed by atoms with E-state index in [0.717, 1.165) is 65.1 Å². The SMILES string of the molecule is Cc1c(C2CCN3CCC(C(=O)Nc4ccc5c(n4)-c4nc6c(O)c([N+](=O)[O-])cc([N+](=O)[O-])c6cc4CC5)NC3N2)cnc2nc3c(cc12)CCc1ccc(C(=O)O)nc1-3. The fourth-order valence-electron chi connectivity index (χ4n) is 9.01. The molecule has 19 nitrogen and oxygen atoms in total. The number of phenols is 1. The molecule has 2 fully saturated rings. The smallest absolute Gasteiger partial charge is 0.354 e. The van der Waals surface area contributed by atoms with Gasteiger partial charge in [0.1, 0.15) is 23.3 Å². The van der Waals surface area contributed by atoms with Gasteiger partial charge < -0.3 is 15.5 Å². The number of amides is 1. The predicted octanol–water partition coefficient (Wildman–Crippen LogP) is 4.65.